The maximum absolute atomic E-state index is 14.1. The van der Waals surface area contributed by atoms with E-state index in [4.69, 9.17) is 80.5 Å². The fourth-order valence-corrected chi connectivity index (χ4v) is 18.4. The molecule has 3 saturated carbocycles. The number of aliphatic hydroxyl groups excluding tert-OH is 15. The Labute approximate surface area is 603 Å². The lowest BCUT2D eigenvalue weighted by Crippen LogP contribution is -2.65. The first-order chi connectivity index (χ1) is 49.2. The molecule has 34 heteroatoms. The first kappa shape index (κ1) is 82.3. The molecule has 34 nitrogen and oxygen atoms in total. The van der Waals surface area contributed by atoms with Gasteiger partial charge in [-0.15, -0.1) is 0 Å². The number of carbonyl (C=O) groups is 2. The number of ketones is 1. The van der Waals surface area contributed by atoms with Crippen LogP contribution < -0.4 is 0 Å². The summed E-state index contributed by atoms with van der Waals surface area (Å²) in [5.41, 5.74) is 1.13. The number of methoxy groups -OCH3 is 2. The number of ether oxygens (including phenoxy) is 17. The van der Waals surface area contributed by atoms with E-state index in [0.717, 1.165) is 18.4 Å². The van der Waals surface area contributed by atoms with Gasteiger partial charge in [0.05, 0.1) is 63.1 Å². The van der Waals surface area contributed by atoms with E-state index in [-0.39, 0.29) is 47.9 Å². The van der Waals surface area contributed by atoms with Crippen LogP contribution >= 0.6 is 0 Å². The average Bonchev–Trinajstić information content (AvgIpc) is 1.46. The van der Waals surface area contributed by atoms with E-state index >= 15 is 0 Å². The number of hydrogen-bond donors (Lipinski definition) is 15. The molecule has 41 atom stereocenters. The summed E-state index contributed by atoms with van der Waals surface area (Å²) in [4.78, 5) is 26.6. The Morgan fingerprint density at radius 1 is 0.490 bits per heavy atom. The Morgan fingerprint density at radius 3 is 1.62 bits per heavy atom. The first-order valence-corrected chi connectivity index (χ1v) is 36.5. The monoisotopic (exact) mass is 1500 g/mol. The van der Waals surface area contributed by atoms with Crippen LogP contribution in [0.15, 0.2) is 23.3 Å². The molecule has 7 saturated heterocycles. The number of fused-ring (bicyclic) bond motifs is 5. The third-order valence-electron chi connectivity index (χ3n) is 24.2. The molecule has 596 valence electrons. The van der Waals surface area contributed by atoms with E-state index in [1.165, 1.54) is 25.7 Å². The maximum atomic E-state index is 14.1. The molecule has 0 aromatic rings. The minimum atomic E-state index is -2.06. The summed E-state index contributed by atoms with van der Waals surface area (Å²) in [5.74, 6) is -1.21. The van der Waals surface area contributed by atoms with Crippen LogP contribution in [-0.4, -0.2) is 344 Å². The van der Waals surface area contributed by atoms with Crippen molar-refractivity contribution in [2.24, 2.45) is 34.5 Å². The summed E-state index contributed by atoms with van der Waals surface area (Å²) >= 11 is 0. The third-order valence-corrected chi connectivity index (χ3v) is 24.2. The van der Waals surface area contributed by atoms with Gasteiger partial charge < -0.3 is 157 Å². The van der Waals surface area contributed by atoms with Gasteiger partial charge in [0.1, 0.15) is 140 Å². The van der Waals surface area contributed by atoms with Crippen molar-refractivity contribution >= 4 is 11.8 Å². The van der Waals surface area contributed by atoms with E-state index in [0.29, 0.717) is 32.1 Å². The molecule has 104 heavy (non-hydrogen) atoms. The van der Waals surface area contributed by atoms with Gasteiger partial charge in [-0.3, -0.25) is 4.79 Å². The van der Waals surface area contributed by atoms with Crippen molar-refractivity contribution in [3.8, 4) is 0 Å². The molecule has 0 bridgehead atoms. The number of esters is 1. The molecule has 7 heterocycles. The van der Waals surface area contributed by atoms with Crippen molar-refractivity contribution in [1.29, 1.82) is 0 Å². The highest BCUT2D eigenvalue weighted by atomic mass is 16.8. The van der Waals surface area contributed by atoms with Crippen LogP contribution in [0, 0.1) is 34.5 Å². The molecule has 0 aromatic heterocycles. The highest BCUT2D eigenvalue weighted by molar-refractivity contribution is 5.82. The number of Topliss-reactive ketones (excluding diaryl/α,β-unsaturated/α-hetero) is 1. The number of rotatable bonds is 23. The fraction of sp³-hybridized carbons (Fsp3) is 0.914. The molecule has 41 unspecified atom stereocenters. The number of hydrogen-bond acceptors (Lipinski definition) is 34. The molecule has 7 aliphatic heterocycles. The molecule has 11 aliphatic rings. The minimum absolute atomic E-state index is 0.0652. The molecular formula is C70H112O34. The molecule has 15 N–H and O–H groups in total. The molecule has 4 aliphatic carbocycles. The van der Waals surface area contributed by atoms with Crippen LogP contribution in [0.4, 0.5) is 0 Å². The van der Waals surface area contributed by atoms with Gasteiger partial charge in [0.25, 0.3) is 0 Å². The Hall–Kier alpha value is -2.62. The van der Waals surface area contributed by atoms with Crippen molar-refractivity contribution in [3.05, 3.63) is 23.3 Å². The van der Waals surface area contributed by atoms with Crippen molar-refractivity contribution in [2.45, 2.75) is 328 Å². The van der Waals surface area contributed by atoms with Gasteiger partial charge in [-0.2, -0.15) is 0 Å². The highest BCUT2D eigenvalue weighted by Gasteiger charge is 2.64. The van der Waals surface area contributed by atoms with Gasteiger partial charge in [-0.25, -0.2) is 4.79 Å². The molecule has 0 aromatic carbocycles. The SMILES string of the molecule is COC1CC(OC2C(C)OC(OC3CCC4(C)C(=CCC5C4CCC4(C)C5CC(OC5OC(COC6OC(COC7OC(CO)C(O)C(O)C7O)C(O)C(O)C6OC6OC(CO)C(O)C(O)C6O)C(O)C(O)C5O)C4C(C)=O)C3)C(O)C2OC)OC(C)C1OC1CC(OC(=O)C=C(C)C)C(O)C(C)O1. The second-order valence-corrected chi connectivity index (χ2v) is 31.1. The molecule has 0 amide bonds. The molecule has 0 spiro atoms. The van der Waals surface area contributed by atoms with Crippen molar-refractivity contribution in [2.75, 3.05) is 40.6 Å². The predicted molar refractivity (Wildman–Crippen MR) is 348 cm³/mol. The normalized spacial score (nSPS) is 51.3. The van der Waals surface area contributed by atoms with Gasteiger partial charge in [-0.05, 0) is 115 Å². The second-order valence-electron chi connectivity index (χ2n) is 31.1. The molecule has 10 fully saturated rings. The summed E-state index contributed by atoms with van der Waals surface area (Å²) in [5, 5.41) is 163. The molecular weight excluding hydrogens is 1380 g/mol. The van der Waals surface area contributed by atoms with Crippen molar-refractivity contribution < 1.29 is 167 Å². The number of allylic oxidation sites excluding steroid dienone is 2. The number of aliphatic hydroxyl groups is 15. The first-order valence-electron chi connectivity index (χ1n) is 36.5. The van der Waals surface area contributed by atoms with Gasteiger partial charge in [-0.1, -0.05) is 31.1 Å². The minimum Gasteiger partial charge on any atom is -0.456 e. The molecule has 0 radical (unpaired) electrons. The van der Waals surface area contributed by atoms with Gasteiger partial charge in [0, 0.05) is 39.1 Å². The Morgan fingerprint density at radius 2 is 1.02 bits per heavy atom. The van der Waals surface area contributed by atoms with Crippen LogP contribution in [0.25, 0.3) is 0 Å². The smallest absolute Gasteiger partial charge is 0.331 e. The second kappa shape index (κ2) is 34.2. The van der Waals surface area contributed by atoms with Crippen LogP contribution in [-0.2, 0) is 90.1 Å². The third kappa shape index (κ3) is 16.6. The number of carbonyl (C=O) groups excluding carboxylic acids is 2. The quantitative estimate of drug-likeness (QED) is 0.0265. The predicted octanol–water partition coefficient (Wildman–Crippen LogP) is -3.78. The van der Waals surface area contributed by atoms with Crippen LogP contribution in [0.3, 0.4) is 0 Å². The highest BCUT2D eigenvalue weighted by Crippen LogP contribution is 2.67. The largest absolute Gasteiger partial charge is 0.456 e. The Bertz CT molecular complexity index is 2890. The summed E-state index contributed by atoms with van der Waals surface area (Å²) in [6.45, 7) is 11.6. The fourth-order valence-electron chi connectivity index (χ4n) is 18.4. The van der Waals surface area contributed by atoms with E-state index in [2.05, 4.69) is 19.9 Å². The Kier molecular flexibility index (Phi) is 27.0. The summed E-state index contributed by atoms with van der Waals surface area (Å²) in [6.07, 6.45) is -39.7. The topological polar surface area (TPSA) is 495 Å². The van der Waals surface area contributed by atoms with E-state index < -0.39 is 253 Å². The summed E-state index contributed by atoms with van der Waals surface area (Å²) in [6, 6.07) is 0. The molecule has 11 rings (SSSR count). The summed E-state index contributed by atoms with van der Waals surface area (Å²) in [7, 11) is 3.03. The lowest BCUT2D eigenvalue weighted by Gasteiger charge is -2.58. The zero-order valence-corrected chi connectivity index (χ0v) is 60.3. The van der Waals surface area contributed by atoms with Crippen molar-refractivity contribution in [3.63, 3.8) is 0 Å². The average molecular weight is 1500 g/mol. The maximum Gasteiger partial charge on any atom is 0.331 e. The Balaban J connectivity index is 0.714. The van der Waals surface area contributed by atoms with Crippen LogP contribution in [0.1, 0.15) is 113 Å². The zero-order valence-electron chi connectivity index (χ0n) is 60.3. The summed E-state index contributed by atoms with van der Waals surface area (Å²) < 4.78 is 103. The van der Waals surface area contributed by atoms with E-state index in [1.807, 2.05) is 13.8 Å². The van der Waals surface area contributed by atoms with Gasteiger partial charge in [0.2, 0.25) is 0 Å². The lowest BCUT2D eigenvalue weighted by molar-refractivity contribution is -0.378. The van der Waals surface area contributed by atoms with Gasteiger partial charge >= 0.3 is 5.97 Å². The van der Waals surface area contributed by atoms with E-state index in [1.54, 1.807) is 27.9 Å². The lowest BCUT2D eigenvalue weighted by atomic mass is 9.47. The standard InChI is InChI=1S/C70H112O34/c1-26(2)17-43(74)96-37-20-44(92-28(4)47(37)75)102-60-29(5)93-45(21-38(60)88-9)103-61-30(6)94-67(59(87)62(61)89-10)95-32-13-15-69(7)31(18-32)11-12-33-34(69)14-16-70(8)35(33)19-36(46(70)27(3)73)97-65-57(85)54(82)50(78)41(100-65)25-91-68-63(104-66-58(86)53(81)49(77)40(23-72)99-66)55(83)51(79)42(101-68)24-90-64-56(84)52(80)48(76)39(22-71)98-64/h11,17,28-30,32-42,44-68,71-72,75-87H,12-16,18-25H2,1-10H3. The van der Waals surface area contributed by atoms with Crippen LogP contribution in [0.5, 0.6) is 0 Å². The van der Waals surface area contributed by atoms with Crippen LogP contribution in [0.2, 0.25) is 0 Å². The zero-order chi connectivity index (χ0) is 75.5. The van der Waals surface area contributed by atoms with Gasteiger partial charge in [0.15, 0.2) is 44.0 Å². The van der Waals surface area contributed by atoms with E-state index in [9.17, 15) is 86.2 Å². The van der Waals surface area contributed by atoms with Crippen molar-refractivity contribution in [1.82, 2.24) is 0 Å².